The average molecular weight is 227 g/mol. The second-order valence-electron chi connectivity index (χ2n) is 5.27. The third kappa shape index (κ3) is 3.44. The summed E-state index contributed by atoms with van der Waals surface area (Å²) in [5, 5.41) is 3.43. The molecule has 16 heavy (non-hydrogen) atoms. The van der Waals surface area contributed by atoms with Crippen LogP contribution in [0.3, 0.4) is 0 Å². The highest BCUT2D eigenvalue weighted by Crippen LogP contribution is 2.18. The van der Waals surface area contributed by atoms with E-state index in [0.717, 1.165) is 6.04 Å². The van der Waals surface area contributed by atoms with Gasteiger partial charge in [0.05, 0.1) is 0 Å². The van der Waals surface area contributed by atoms with Gasteiger partial charge in [-0.1, -0.05) is 6.92 Å². The Morgan fingerprint density at radius 3 is 2.25 bits per heavy atom. The van der Waals surface area contributed by atoms with Crippen LogP contribution in [0.2, 0.25) is 0 Å². The Morgan fingerprint density at radius 1 is 1.31 bits per heavy atom. The Balaban J connectivity index is 2.40. The quantitative estimate of drug-likeness (QED) is 0.766. The predicted octanol–water partition coefficient (Wildman–Crippen LogP) is 1.40. The lowest BCUT2D eigenvalue weighted by Gasteiger charge is -2.40. The molecule has 2 unspecified atom stereocenters. The normalized spacial score (nSPS) is 23.6. The molecule has 0 aliphatic carbocycles. The average Bonchev–Trinajstić information content (AvgIpc) is 2.30. The van der Waals surface area contributed by atoms with E-state index in [1.807, 2.05) is 0 Å². The van der Waals surface area contributed by atoms with Crippen molar-refractivity contribution in [2.75, 3.05) is 34.2 Å². The summed E-state index contributed by atoms with van der Waals surface area (Å²) in [6, 6.07) is 2.09. The molecular formula is C13H29N3. The largest absolute Gasteiger partial charge is 0.315 e. The van der Waals surface area contributed by atoms with Gasteiger partial charge in [0, 0.05) is 18.1 Å². The molecule has 2 atom stereocenters. The molecule has 0 radical (unpaired) electrons. The van der Waals surface area contributed by atoms with Crippen molar-refractivity contribution in [3.8, 4) is 0 Å². The molecule has 1 rings (SSSR count). The lowest BCUT2D eigenvalue weighted by Crippen LogP contribution is -2.52. The first-order chi connectivity index (χ1) is 7.60. The second kappa shape index (κ2) is 6.58. The molecule has 0 aromatic rings. The van der Waals surface area contributed by atoms with Crippen LogP contribution in [0, 0.1) is 0 Å². The molecule has 1 aliphatic rings. The Labute approximate surface area is 101 Å². The highest BCUT2D eigenvalue weighted by atomic mass is 15.2. The Hall–Kier alpha value is -0.120. The first-order valence-electron chi connectivity index (χ1n) is 6.67. The number of hydrogen-bond acceptors (Lipinski definition) is 3. The summed E-state index contributed by atoms with van der Waals surface area (Å²) >= 11 is 0. The molecule has 1 fully saturated rings. The summed E-state index contributed by atoms with van der Waals surface area (Å²) in [5.41, 5.74) is 0. The first-order valence-corrected chi connectivity index (χ1v) is 6.67. The van der Waals surface area contributed by atoms with Crippen molar-refractivity contribution in [3.63, 3.8) is 0 Å². The predicted molar refractivity (Wildman–Crippen MR) is 70.9 cm³/mol. The second-order valence-corrected chi connectivity index (χ2v) is 5.27. The molecule has 0 aromatic carbocycles. The van der Waals surface area contributed by atoms with Gasteiger partial charge < -0.3 is 10.2 Å². The van der Waals surface area contributed by atoms with Crippen molar-refractivity contribution in [2.24, 2.45) is 0 Å². The molecule has 1 heterocycles. The van der Waals surface area contributed by atoms with Crippen LogP contribution in [0.15, 0.2) is 0 Å². The fraction of sp³-hybridized carbons (Fsp3) is 1.00. The van der Waals surface area contributed by atoms with Crippen LogP contribution in [0.1, 0.15) is 33.1 Å². The van der Waals surface area contributed by atoms with Gasteiger partial charge in [-0.3, -0.25) is 4.90 Å². The van der Waals surface area contributed by atoms with Gasteiger partial charge in [-0.25, -0.2) is 0 Å². The highest BCUT2D eigenvalue weighted by Gasteiger charge is 2.26. The molecule has 0 saturated carbocycles. The summed E-state index contributed by atoms with van der Waals surface area (Å²) < 4.78 is 0. The van der Waals surface area contributed by atoms with E-state index in [1.54, 1.807) is 0 Å². The zero-order valence-electron chi connectivity index (χ0n) is 11.7. The van der Waals surface area contributed by atoms with Crippen molar-refractivity contribution in [2.45, 2.75) is 51.2 Å². The molecule has 1 aliphatic heterocycles. The fourth-order valence-corrected chi connectivity index (χ4v) is 2.85. The van der Waals surface area contributed by atoms with Crippen molar-refractivity contribution in [1.29, 1.82) is 0 Å². The summed E-state index contributed by atoms with van der Waals surface area (Å²) in [4.78, 5) is 5.02. The minimum Gasteiger partial charge on any atom is -0.315 e. The number of nitrogens with zero attached hydrogens (tertiary/aromatic N) is 2. The van der Waals surface area contributed by atoms with E-state index in [4.69, 9.17) is 0 Å². The van der Waals surface area contributed by atoms with Crippen molar-refractivity contribution in [1.82, 2.24) is 15.1 Å². The van der Waals surface area contributed by atoms with E-state index in [1.165, 1.54) is 32.4 Å². The Kier molecular flexibility index (Phi) is 5.73. The molecule has 3 heteroatoms. The van der Waals surface area contributed by atoms with Gasteiger partial charge in [0.1, 0.15) is 0 Å². The molecule has 3 nitrogen and oxygen atoms in total. The van der Waals surface area contributed by atoms with Crippen molar-refractivity contribution < 1.29 is 0 Å². The zero-order chi connectivity index (χ0) is 12.1. The molecule has 0 aromatic heterocycles. The number of rotatable bonds is 5. The fourth-order valence-electron chi connectivity index (χ4n) is 2.85. The monoisotopic (exact) mass is 227 g/mol. The molecule has 0 amide bonds. The third-order valence-electron chi connectivity index (χ3n) is 4.20. The van der Waals surface area contributed by atoms with Crippen LogP contribution in [-0.4, -0.2) is 62.2 Å². The summed E-state index contributed by atoms with van der Waals surface area (Å²) in [6.07, 6.45) is 3.85. The maximum absolute atomic E-state index is 3.43. The van der Waals surface area contributed by atoms with E-state index in [-0.39, 0.29) is 0 Å². The summed E-state index contributed by atoms with van der Waals surface area (Å²) in [6.45, 7) is 7.13. The van der Waals surface area contributed by atoms with Crippen LogP contribution in [-0.2, 0) is 0 Å². The summed E-state index contributed by atoms with van der Waals surface area (Å²) in [7, 11) is 6.48. The Bertz CT molecular complexity index is 182. The standard InChI is InChI=1S/C13H29N3/c1-6-13(14-3)11(2)16-9-7-12(8-10-16)15(4)5/h11-14H,6-10H2,1-5H3. The molecule has 1 saturated heterocycles. The van der Waals surface area contributed by atoms with Crippen molar-refractivity contribution in [3.05, 3.63) is 0 Å². The number of likely N-dealkylation sites (N-methyl/N-ethyl adjacent to an activating group) is 1. The molecule has 96 valence electrons. The number of hydrogen-bond donors (Lipinski definition) is 1. The van der Waals surface area contributed by atoms with Gasteiger partial charge >= 0.3 is 0 Å². The minimum atomic E-state index is 0.635. The SMILES string of the molecule is CCC(NC)C(C)N1CCC(N(C)C)CC1. The number of likely N-dealkylation sites (tertiary alicyclic amines) is 1. The molecule has 0 bridgehead atoms. The van der Waals surface area contributed by atoms with Gasteiger partial charge in [-0.05, 0) is 60.4 Å². The smallest absolute Gasteiger partial charge is 0.0220 e. The van der Waals surface area contributed by atoms with E-state index < -0.39 is 0 Å². The van der Waals surface area contributed by atoms with Crippen LogP contribution < -0.4 is 5.32 Å². The van der Waals surface area contributed by atoms with Crippen LogP contribution in [0.5, 0.6) is 0 Å². The Morgan fingerprint density at radius 2 is 1.88 bits per heavy atom. The maximum Gasteiger partial charge on any atom is 0.0220 e. The molecular weight excluding hydrogens is 198 g/mol. The lowest BCUT2D eigenvalue weighted by atomic mass is 9.99. The van der Waals surface area contributed by atoms with Gasteiger partial charge in [0.15, 0.2) is 0 Å². The number of piperidine rings is 1. The minimum absolute atomic E-state index is 0.635. The maximum atomic E-state index is 3.43. The van der Waals surface area contributed by atoms with E-state index in [2.05, 4.69) is 50.1 Å². The topological polar surface area (TPSA) is 18.5 Å². The van der Waals surface area contributed by atoms with E-state index >= 15 is 0 Å². The van der Waals surface area contributed by atoms with Gasteiger partial charge in [0.25, 0.3) is 0 Å². The summed E-state index contributed by atoms with van der Waals surface area (Å²) in [5.74, 6) is 0. The van der Waals surface area contributed by atoms with Gasteiger partial charge in [-0.15, -0.1) is 0 Å². The third-order valence-corrected chi connectivity index (χ3v) is 4.20. The van der Waals surface area contributed by atoms with E-state index in [9.17, 15) is 0 Å². The van der Waals surface area contributed by atoms with Gasteiger partial charge in [0.2, 0.25) is 0 Å². The zero-order valence-corrected chi connectivity index (χ0v) is 11.7. The molecule has 0 spiro atoms. The lowest BCUT2D eigenvalue weighted by molar-refractivity contribution is 0.0973. The van der Waals surface area contributed by atoms with E-state index in [0.29, 0.717) is 12.1 Å². The van der Waals surface area contributed by atoms with Crippen molar-refractivity contribution >= 4 is 0 Å². The first kappa shape index (κ1) is 13.9. The van der Waals surface area contributed by atoms with Crippen LogP contribution in [0.4, 0.5) is 0 Å². The molecule has 1 N–H and O–H groups in total. The van der Waals surface area contributed by atoms with Crippen LogP contribution >= 0.6 is 0 Å². The highest BCUT2D eigenvalue weighted by molar-refractivity contribution is 4.84. The van der Waals surface area contributed by atoms with Crippen LogP contribution in [0.25, 0.3) is 0 Å². The number of nitrogens with one attached hydrogen (secondary N) is 1. The van der Waals surface area contributed by atoms with Gasteiger partial charge in [-0.2, -0.15) is 0 Å².